The minimum absolute atomic E-state index is 0.0516. The van der Waals surface area contributed by atoms with Gasteiger partial charge in [-0.3, -0.25) is 14.4 Å². The minimum atomic E-state index is -0.260. The van der Waals surface area contributed by atoms with Gasteiger partial charge in [-0.15, -0.1) is 0 Å². The van der Waals surface area contributed by atoms with Gasteiger partial charge in [0.15, 0.2) is 5.78 Å². The standard InChI is InChI=1S/C12H13N3O3/c13-5-10(16)8-3-1-2-4-9(8)15-7-11(17)14-6-12(15)18/h1-4H,5-7,13H2,(H,14,17). The number of hydrogen-bond acceptors (Lipinski definition) is 4. The van der Waals surface area contributed by atoms with E-state index in [1.54, 1.807) is 24.3 Å². The molecule has 0 aromatic heterocycles. The number of ketones is 1. The lowest BCUT2D eigenvalue weighted by Gasteiger charge is -2.28. The molecule has 1 aliphatic rings. The third-order valence-corrected chi connectivity index (χ3v) is 2.72. The first-order valence-electron chi connectivity index (χ1n) is 5.53. The Morgan fingerprint density at radius 1 is 1.33 bits per heavy atom. The van der Waals surface area contributed by atoms with Crippen molar-refractivity contribution in [1.82, 2.24) is 5.32 Å². The predicted molar refractivity (Wildman–Crippen MR) is 65.2 cm³/mol. The molecule has 0 bridgehead atoms. The molecule has 3 N–H and O–H groups in total. The monoisotopic (exact) mass is 247 g/mol. The van der Waals surface area contributed by atoms with Gasteiger partial charge < -0.3 is 16.0 Å². The highest BCUT2D eigenvalue weighted by Crippen LogP contribution is 2.21. The highest BCUT2D eigenvalue weighted by molar-refractivity contribution is 6.10. The van der Waals surface area contributed by atoms with Crippen LogP contribution in [0.4, 0.5) is 5.69 Å². The number of para-hydroxylation sites is 1. The van der Waals surface area contributed by atoms with E-state index in [0.29, 0.717) is 11.3 Å². The Morgan fingerprint density at radius 2 is 2.06 bits per heavy atom. The molecule has 2 rings (SSSR count). The third kappa shape index (κ3) is 2.23. The molecular formula is C12H13N3O3. The number of nitrogens with one attached hydrogen (secondary N) is 1. The van der Waals surface area contributed by atoms with Gasteiger partial charge >= 0.3 is 0 Å². The van der Waals surface area contributed by atoms with Crippen LogP contribution in [0.1, 0.15) is 10.4 Å². The summed E-state index contributed by atoms with van der Waals surface area (Å²) in [5.41, 5.74) is 6.13. The molecule has 0 aliphatic carbocycles. The molecule has 1 saturated heterocycles. The number of carbonyl (C=O) groups is 3. The summed E-state index contributed by atoms with van der Waals surface area (Å²) in [7, 11) is 0. The maximum absolute atomic E-state index is 11.8. The first-order valence-corrected chi connectivity index (χ1v) is 5.53. The quantitative estimate of drug-likeness (QED) is 0.690. The molecule has 1 aliphatic heterocycles. The average molecular weight is 247 g/mol. The van der Waals surface area contributed by atoms with Crippen LogP contribution < -0.4 is 16.0 Å². The molecular weight excluding hydrogens is 234 g/mol. The van der Waals surface area contributed by atoms with Crippen LogP contribution in [0, 0.1) is 0 Å². The van der Waals surface area contributed by atoms with Crippen LogP contribution in [0.5, 0.6) is 0 Å². The Morgan fingerprint density at radius 3 is 2.78 bits per heavy atom. The molecule has 1 aromatic rings. The van der Waals surface area contributed by atoms with Gasteiger partial charge in [-0.1, -0.05) is 12.1 Å². The Hall–Kier alpha value is -2.21. The van der Waals surface area contributed by atoms with E-state index in [1.165, 1.54) is 4.90 Å². The van der Waals surface area contributed by atoms with Gasteiger partial charge in [-0.05, 0) is 12.1 Å². The third-order valence-electron chi connectivity index (χ3n) is 2.72. The number of nitrogens with two attached hydrogens (primary N) is 1. The molecule has 18 heavy (non-hydrogen) atoms. The second kappa shape index (κ2) is 4.97. The lowest BCUT2D eigenvalue weighted by molar-refractivity contribution is -0.128. The molecule has 1 heterocycles. The van der Waals surface area contributed by atoms with E-state index in [-0.39, 0.29) is 37.2 Å². The van der Waals surface area contributed by atoms with Gasteiger partial charge in [0.05, 0.1) is 18.8 Å². The topological polar surface area (TPSA) is 92.5 Å². The van der Waals surface area contributed by atoms with E-state index < -0.39 is 0 Å². The van der Waals surface area contributed by atoms with Crippen molar-refractivity contribution in [2.75, 3.05) is 24.5 Å². The summed E-state index contributed by atoms with van der Waals surface area (Å²) in [5.74, 6) is -0.749. The van der Waals surface area contributed by atoms with Gasteiger partial charge in [-0.2, -0.15) is 0 Å². The van der Waals surface area contributed by atoms with Crippen LogP contribution in [-0.4, -0.2) is 37.2 Å². The summed E-state index contributed by atoms with van der Waals surface area (Å²) < 4.78 is 0. The van der Waals surface area contributed by atoms with Crippen LogP contribution in [0.3, 0.4) is 0 Å². The number of hydrogen-bond donors (Lipinski definition) is 2. The zero-order valence-electron chi connectivity index (χ0n) is 9.68. The lowest BCUT2D eigenvalue weighted by atomic mass is 10.1. The number of benzene rings is 1. The minimum Gasteiger partial charge on any atom is -0.345 e. The molecule has 0 spiro atoms. The number of anilines is 1. The van der Waals surface area contributed by atoms with E-state index >= 15 is 0 Å². The molecule has 0 atom stereocenters. The van der Waals surface area contributed by atoms with E-state index in [0.717, 1.165) is 0 Å². The second-order valence-electron chi connectivity index (χ2n) is 3.90. The molecule has 6 heteroatoms. The van der Waals surface area contributed by atoms with E-state index in [4.69, 9.17) is 5.73 Å². The fraction of sp³-hybridized carbons (Fsp3) is 0.250. The first-order chi connectivity index (χ1) is 8.63. The normalized spacial score (nSPS) is 15.5. The van der Waals surface area contributed by atoms with E-state index in [2.05, 4.69) is 5.32 Å². The number of rotatable bonds is 3. The molecule has 1 fully saturated rings. The summed E-state index contributed by atoms with van der Waals surface area (Å²) >= 11 is 0. The van der Waals surface area contributed by atoms with Crippen LogP contribution in [0.25, 0.3) is 0 Å². The average Bonchev–Trinajstić information content (AvgIpc) is 2.40. The zero-order valence-corrected chi connectivity index (χ0v) is 9.68. The van der Waals surface area contributed by atoms with Crippen LogP contribution in [0.2, 0.25) is 0 Å². The van der Waals surface area contributed by atoms with Crippen molar-refractivity contribution in [3.05, 3.63) is 29.8 Å². The number of amides is 2. The smallest absolute Gasteiger partial charge is 0.246 e. The van der Waals surface area contributed by atoms with Gasteiger partial charge in [-0.25, -0.2) is 0 Å². The summed E-state index contributed by atoms with van der Waals surface area (Å²) in [5, 5.41) is 2.45. The fourth-order valence-electron chi connectivity index (χ4n) is 1.83. The highest BCUT2D eigenvalue weighted by atomic mass is 16.2. The molecule has 2 amide bonds. The molecule has 6 nitrogen and oxygen atoms in total. The fourth-order valence-corrected chi connectivity index (χ4v) is 1.83. The summed E-state index contributed by atoms with van der Waals surface area (Å²) in [4.78, 5) is 36.1. The van der Waals surface area contributed by atoms with Crippen molar-refractivity contribution in [2.24, 2.45) is 5.73 Å². The Kier molecular flexibility index (Phi) is 3.38. The molecule has 0 unspecified atom stereocenters. The largest absolute Gasteiger partial charge is 0.345 e. The Balaban J connectivity index is 2.40. The highest BCUT2D eigenvalue weighted by Gasteiger charge is 2.27. The zero-order chi connectivity index (χ0) is 13.1. The number of carbonyl (C=O) groups excluding carboxylic acids is 3. The second-order valence-corrected chi connectivity index (χ2v) is 3.90. The summed E-state index contributed by atoms with van der Waals surface area (Å²) in [6.07, 6.45) is 0. The molecule has 94 valence electrons. The summed E-state index contributed by atoms with van der Waals surface area (Å²) in [6.45, 7) is -0.261. The van der Waals surface area contributed by atoms with Crippen molar-refractivity contribution in [2.45, 2.75) is 0 Å². The number of Topliss-reactive ketones (excluding diaryl/α,β-unsaturated/α-hetero) is 1. The predicted octanol–water partition coefficient (Wildman–Crippen LogP) is -0.709. The van der Waals surface area contributed by atoms with Crippen LogP contribution in [0.15, 0.2) is 24.3 Å². The Bertz CT molecular complexity index is 513. The van der Waals surface area contributed by atoms with Crippen molar-refractivity contribution >= 4 is 23.3 Å². The van der Waals surface area contributed by atoms with Gasteiger partial charge in [0.1, 0.15) is 6.54 Å². The maximum Gasteiger partial charge on any atom is 0.246 e. The molecule has 0 radical (unpaired) electrons. The molecule has 1 aromatic carbocycles. The SMILES string of the molecule is NCC(=O)c1ccccc1N1CC(=O)NCC1=O. The summed E-state index contributed by atoms with van der Waals surface area (Å²) in [6, 6.07) is 6.65. The van der Waals surface area contributed by atoms with Gasteiger partial charge in [0.25, 0.3) is 0 Å². The van der Waals surface area contributed by atoms with Crippen molar-refractivity contribution < 1.29 is 14.4 Å². The van der Waals surface area contributed by atoms with Crippen molar-refractivity contribution in [3.8, 4) is 0 Å². The van der Waals surface area contributed by atoms with Crippen molar-refractivity contribution in [3.63, 3.8) is 0 Å². The van der Waals surface area contributed by atoms with Crippen LogP contribution >= 0.6 is 0 Å². The maximum atomic E-state index is 11.8. The number of nitrogens with zero attached hydrogens (tertiary/aromatic N) is 1. The number of piperazine rings is 1. The van der Waals surface area contributed by atoms with Gasteiger partial charge in [0, 0.05) is 5.56 Å². The van der Waals surface area contributed by atoms with Crippen molar-refractivity contribution in [1.29, 1.82) is 0 Å². The van der Waals surface area contributed by atoms with E-state index in [1.807, 2.05) is 0 Å². The Labute approximate surface area is 104 Å². The first kappa shape index (κ1) is 12.3. The van der Waals surface area contributed by atoms with Gasteiger partial charge in [0.2, 0.25) is 11.8 Å². The van der Waals surface area contributed by atoms with Crippen LogP contribution in [-0.2, 0) is 9.59 Å². The van der Waals surface area contributed by atoms with E-state index in [9.17, 15) is 14.4 Å². The molecule has 0 saturated carbocycles. The lowest BCUT2D eigenvalue weighted by Crippen LogP contribution is -2.52.